The fourth-order valence-electron chi connectivity index (χ4n) is 2.39. The van der Waals surface area contributed by atoms with Crippen LogP contribution in [-0.2, 0) is 6.42 Å². The van der Waals surface area contributed by atoms with Crippen LogP contribution in [0.1, 0.15) is 22.3 Å². The van der Waals surface area contributed by atoms with Crippen LogP contribution < -0.4 is 0 Å². The van der Waals surface area contributed by atoms with Crippen LogP contribution in [0.5, 0.6) is 0 Å². The van der Waals surface area contributed by atoms with E-state index in [1.807, 2.05) is 6.92 Å². The number of nitro groups is 2. The predicted molar refractivity (Wildman–Crippen MR) is 93.5 cm³/mol. The van der Waals surface area contributed by atoms with Gasteiger partial charge in [-0.1, -0.05) is 34.8 Å². The van der Waals surface area contributed by atoms with Gasteiger partial charge in [0.15, 0.2) is 0 Å². The maximum Gasteiger partial charge on any atom is 0.295 e. The summed E-state index contributed by atoms with van der Waals surface area (Å²) < 4.78 is 0. The van der Waals surface area contributed by atoms with Crippen molar-refractivity contribution in [3.05, 3.63) is 75.7 Å². The molecule has 0 N–H and O–H groups in total. The van der Waals surface area contributed by atoms with Crippen LogP contribution in [0.2, 0.25) is 15.1 Å². The Hall–Kier alpha value is -1.89. The average Bonchev–Trinajstić information content (AvgIpc) is 2.46. The summed E-state index contributed by atoms with van der Waals surface area (Å²) in [5.74, 6) is 0. The van der Waals surface area contributed by atoms with Gasteiger partial charge in [0.25, 0.3) is 11.4 Å². The Balaban J connectivity index is 2.69. The van der Waals surface area contributed by atoms with Gasteiger partial charge in [0.1, 0.15) is 5.02 Å². The Morgan fingerprint density at radius 2 is 1.38 bits per heavy atom. The molecule has 2 aromatic carbocycles. The van der Waals surface area contributed by atoms with Crippen LogP contribution >= 0.6 is 34.8 Å². The second-order valence-corrected chi connectivity index (χ2v) is 6.42. The minimum atomic E-state index is -0.752. The van der Waals surface area contributed by atoms with Crippen molar-refractivity contribution in [1.29, 1.82) is 0 Å². The van der Waals surface area contributed by atoms with Crippen LogP contribution in [-0.4, -0.2) is 9.85 Å². The molecule has 0 radical (unpaired) electrons. The molecule has 24 heavy (non-hydrogen) atoms. The van der Waals surface area contributed by atoms with E-state index in [9.17, 15) is 20.2 Å². The largest absolute Gasteiger partial charge is 0.295 e. The highest BCUT2D eigenvalue weighted by Crippen LogP contribution is 2.39. The third-order valence-electron chi connectivity index (χ3n) is 3.62. The Morgan fingerprint density at radius 3 is 1.83 bits per heavy atom. The molecular formula is C15H11Cl3N2O4. The average molecular weight is 390 g/mol. The van der Waals surface area contributed by atoms with Crippen molar-refractivity contribution in [1.82, 2.24) is 0 Å². The summed E-state index contributed by atoms with van der Waals surface area (Å²) in [5.41, 5.74) is 0.942. The molecule has 0 saturated heterocycles. The van der Waals surface area contributed by atoms with E-state index in [1.54, 1.807) is 12.1 Å². The zero-order chi connectivity index (χ0) is 18.2. The lowest BCUT2D eigenvalue weighted by Gasteiger charge is -2.12. The molecule has 0 fully saturated rings. The van der Waals surface area contributed by atoms with Gasteiger partial charge in [0, 0.05) is 22.0 Å². The highest BCUT2D eigenvalue weighted by Gasteiger charge is 2.28. The highest BCUT2D eigenvalue weighted by molar-refractivity contribution is 6.36. The Kier molecular flexibility index (Phi) is 5.32. The molecule has 0 heterocycles. The summed E-state index contributed by atoms with van der Waals surface area (Å²) >= 11 is 18.4. The fourth-order valence-corrected chi connectivity index (χ4v) is 3.36. The van der Waals surface area contributed by atoms with Crippen LogP contribution in [0.3, 0.4) is 0 Å². The van der Waals surface area contributed by atoms with E-state index >= 15 is 0 Å². The number of aryl methyl sites for hydroxylation is 1. The van der Waals surface area contributed by atoms with Crippen molar-refractivity contribution in [2.75, 3.05) is 0 Å². The maximum atomic E-state index is 11.3. The van der Waals surface area contributed by atoms with Gasteiger partial charge >= 0.3 is 0 Å². The molecule has 126 valence electrons. The molecule has 0 aromatic heterocycles. The third-order valence-corrected chi connectivity index (χ3v) is 4.77. The van der Waals surface area contributed by atoms with E-state index in [0.29, 0.717) is 15.6 Å². The normalized spacial score (nSPS) is 10.7. The minimum Gasteiger partial charge on any atom is -0.258 e. The first-order valence-corrected chi connectivity index (χ1v) is 7.82. The Bertz CT molecular complexity index is 845. The van der Waals surface area contributed by atoms with Crippen molar-refractivity contribution < 1.29 is 9.85 Å². The van der Waals surface area contributed by atoms with E-state index in [4.69, 9.17) is 34.8 Å². The van der Waals surface area contributed by atoms with Crippen molar-refractivity contribution in [2.24, 2.45) is 0 Å². The fraction of sp³-hybridized carbons (Fsp3) is 0.200. The smallest absolute Gasteiger partial charge is 0.258 e. The number of halogens is 3. The molecule has 9 heteroatoms. The standard InChI is InChI=1S/C15H11Cl3N2O4/c1-7-3-11(16)10(12(17)4-7)5-9-8(2)15(18)14(20(23)24)6-13(9)19(21)22/h3-4,6H,5H2,1-2H3. The summed E-state index contributed by atoms with van der Waals surface area (Å²) in [6, 6.07) is 4.24. The van der Waals surface area contributed by atoms with Crippen molar-refractivity contribution in [3.63, 3.8) is 0 Å². The summed E-state index contributed by atoms with van der Waals surface area (Å²) in [5, 5.41) is 23.0. The number of hydrogen-bond acceptors (Lipinski definition) is 4. The zero-order valence-electron chi connectivity index (χ0n) is 12.6. The molecule has 0 saturated carbocycles. The first kappa shape index (κ1) is 18.4. The van der Waals surface area contributed by atoms with E-state index in [1.165, 1.54) is 6.92 Å². The summed E-state index contributed by atoms with van der Waals surface area (Å²) in [7, 11) is 0. The van der Waals surface area contributed by atoms with Gasteiger partial charge < -0.3 is 0 Å². The minimum absolute atomic E-state index is 0.0395. The molecule has 0 aliphatic carbocycles. The lowest BCUT2D eigenvalue weighted by atomic mass is 9.97. The molecule has 0 bridgehead atoms. The van der Waals surface area contributed by atoms with Crippen LogP contribution in [0.4, 0.5) is 11.4 Å². The molecule has 0 spiro atoms. The van der Waals surface area contributed by atoms with E-state index in [2.05, 4.69) is 0 Å². The van der Waals surface area contributed by atoms with E-state index in [-0.39, 0.29) is 22.6 Å². The Labute approximate surface area is 152 Å². The van der Waals surface area contributed by atoms with Gasteiger partial charge in [-0.15, -0.1) is 0 Å². The van der Waals surface area contributed by atoms with E-state index in [0.717, 1.165) is 11.6 Å². The van der Waals surface area contributed by atoms with Gasteiger partial charge in [-0.25, -0.2) is 0 Å². The SMILES string of the molecule is Cc1cc(Cl)c(Cc2c([N+](=O)[O-])cc([N+](=O)[O-])c(Cl)c2C)c(Cl)c1. The van der Waals surface area contributed by atoms with Gasteiger partial charge in [-0.2, -0.15) is 0 Å². The second-order valence-electron chi connectivity index (χ2n) is 5.23. The lowest BCUT2D eigenvalue weighted by Crippen LogP contribution is -2.04. The molecular weight excluding hydrogens is 379 g/mol. The Morgan fingerprint density at radius 1 is 0.875 bits per heavy atom. The predicted octanol–water partition coefficient (Wildman–Crippen LogP) is 5.67. The number of nitrogens with zero attached hydrogens (tertiary/aromatic N) is 2. The zero-order valence-corrected chi connectivity index (χ0v) is 14.9. The van der Waals surface area contributed by atoms with Crippen molar-refractivity contribution >= 4 is 46.2 Å². The number of benzene rings is 2. The van der Waals surface area contributed by atoms with Crippen molar-refractivity contribution in [3.8, 4) is 0 Å². The molecule has 2 rings (SSSR count). The maximum absolute atomic E-state index is 11.3. The first-order chi connectivity index (χ1) is 11.1. The van der Waals surface area contributed by atoms with Crippen LogP contribution in [0.15, 0.2) is 18.2 Å². The molecule has 0 aliphatic rings. The van der Waals surface area contributed by atoms with Crippen molar-refractivity contribution in [2.45, 2.75) is 20.3 Å². The number of hydrogen-bond donors (Lipinski definition) is 0. The molecule has 0 aliphatic heterocycles. The molecule has 0 atom stereocenters. The molecule has 6 nitrogen and oxygen atoms in total. The number of nitro benzene ring substituents is 2. The summed E-state index contributed by atoms with van der Waals surface area (Å²) in [4.78, 5) is 20.9. The topological polar surface area (TPSA) is 86.3 Å². The number of rotatable bonds is 4. The van der Waals surface area contributed by atoms with Gasteiger partial charge in [0.05, 0.1) is 15.9 Å². The first-order valence-electron chi connectivity index (χ1n) is 6.68. The molecule has 2 aromatic rings. The highest BCUT2D eigenvalue weighted by atomic mass is 35.5. The second kappa shape index (κ2) is 6.93. The monoisotopic (exact) mass is 388 g/mol. The quantitative estimate of drug-likeness (QED) is 0.498. The van der Waals surface area contributed by atoms with Crippen LogP contribution in [0.25, 0.3) is 0 Å². The van der Waals surface area contributed by atoms with E-state index < -0.39 is 21.2 Å². The van der Waals surface area contributed by atoms with Gasteiger partial charge in [-0.3, -0.25) is 20.2 Å². The molecule has 0 unspecified atom stereocenters. The van der Waals surface area contributed by atoms with Crippen LogP contribution in [0, 0.1) is 34.1 Å². The summed E-state index contributed by atoms with van der Waals surface area (Å²) in [6.07, 6.45) is 0.0395. The molecule has 0 amide bonds. The lowest BCUT2D eigenvalue weighted by molar-refractivity contribution is -0.394. The van der Waals surface area contributed by atoms with Gasteiger partial charge in [0.2, 0.25) is 0 Å². The van der Waals surface area contributed by atoms with Gasteiger partial charge in [-0.05, 0) is 42.7 Å². The third kappa shape index (κ3) is 3.45. The summed E-state index contributed by atoms with van der Waals surface area (Å²) in [6.45, 7) is 3.31.